The molecule has 32 heavy (non-hydrogen) atoms. The smallest absolute Gasteiger partial charge is 0.279 e. The van der Waals surface area contributed by atoms with Crippen LogP contribution in [0.1, 0.15) is 17.3 Å². The van der Waals surface area contributed by atoms with Crippen LogP contribution in [-0.2, 0) is 14.8 Å². The van der Waals surface area contributed by atoms with Gasteiger partial charge in [-0.15, -0.1) is 0 Å². The predicted molar refractivity (Wildman–Crippen MR) is 115 cm³/mol. The summed E-state index contributed by atoms with van der Waals surface area (Å²) in [4.78, 5) is 26.6. The molecule has 1 atom stereocenters. The number of sulfonamides is 1. The van der Waals surface area contributed by atoms with Crippen molar-refractivity contribution in [2.24, 2.45) is 0 Å². The van der Waals surface area contributed by atoms with Gasteiger partial charge in [0.15, 0.2) is 17.7 Å². The molecule has 2 aromatic rings. The molecule has 1 heterocycles. The zero-order chi connectivity index (χ0) is 23.3. The zero-order valence-corrected chi connectivity index (χ0v) is 18.6. The fraction of sp³-hybridized carbons (Fsp3) is 0.333. The second kappa shape index (κ2) is 10.1. The number of amides is 2. The molecule has 0 spiro atoms. The Morgan fingerprint density at radius 3 is 2.41 bits per heavy atom. The van der Waals surface area contributed by atoms with Crippen molar-refractivity contribution in [1.82, 2.24) is 20.1 Å². The lowest BCUT2D eigenvalue weighted by Gasteiger charge is -2.31. The van der Waals surface area contributed by atoms with Crippen molar-refractivity contribution < 1.29 is 27.1 Å². The van der Waals surface area contributed by atoms with Gasteiger partial charge in [-0.25, -0.2) is 12.8 Å². The number of halogens is 1. The third-order valence-electron chi connectivity index (χ3n) is 5.01. The summed E-state index contributed by atoms with van der Waals surface area (Å²) in [7, 11) is -1.82. The van der Waals surface area contributed by atoms with Crippen LogP contribution in [-0.4, -0.2) is 68.8 Å². The molecule has 0 saturated carbocycles. The quantitative estimate of drug-likeness (QED) is 0.618. The monoisotopic (exact) mass is 464 g/mol. The summed E-state index contributed by atoms with van der Waals surface area (Å²) in [5, 5.41) is 0. The number of para-hydroxylation sites is 1. The maximum absolute atomic E-state index is 13.7. The topological polar surface area (TPSA) is 108 Å². The number of rotatable bonds is 6. The fourth-order valence-electron chi connectivity index (χ4n) is 3.05. The lowest BCUT2D eigenvalue weighted by atomic mass is 10.2. The van der Waals surface area contributed by atoms with Gasteiger partial charge < -0.3 is 9.64 Å². The molecule has 9 nitrogen and oxygen atoms in total. The molecule has 3 rings (SSSR count). The van der Waals surface area contributed by atoms with E-state index in [0.29, 0.717) is 26.2 Å². The lowest BCUT2D eigenvalue weighted by Crippen LogP contribution is -2.47. The molecule has 2 aromatic carbocycles. The molecule has 1 saturated heterocycles. The van der Waals surface area contributed by atoms with Crippen LogP contribution in [0.5, 0.6) is 5.75 Å². The van der Waals surface area contributed by atoms with Gasteiger partial charge in [-0.1, -0.05) is 18.2 Å². The van der Waals surface area contributed by atoms with Gasteiger partial charge in [-0.3, -0.25) is 20.4 Å². The molecule has 0 aliphatic carbocycles. The van der Waals surface area contributed by atoms with E-state index in [9.17, 15) is 22.4 Å². The zero-order valence-electron chi connectivity index (χ0n) is 17.7. The molecule has 172 valence electrons. The number of hydrazine groups is 1. The van der Waals surface area contributed by atoms with E-state index in [4.69, 9.17) is 4.74 Å². The van der Waals surface area contributed by atoms with Crippen LogP contribution in [0.3, 0.4) is 0 Å². The largest absolute Gasteiger partial charge is 0.478 e. The Kier molecular flexibility index (Phi) is 7.44. The van der Waals surface area contributed by atoms with Crippen molar-refractivity contribution in [3.63, 3.8) is 0 Å². The number of piperazine rings is 1. The Hall–Kier alpha value is -3.02. The van der Waals surface area contributed by atoms with E-state index in [1.54, 1.807) is 6.07 Å². The number of carbonyl (C=O) groups is 2. The van der Waals surface area contributed by atoms with E-state index in [0.717, 1.165) is 0 Å². The van der Waals surface area contributed by atoms with Crippen molar-refractivity contribution in [1.29, 1.82) is 0 Å². The minimum absolute atomic E-state index is 0.00252. The average molecular weight is 465 g/mol. The second-order valence-electron chi connectivity index (χ2n) is 7.37. The Bertz CT molecular complexity index is 1090. The van der Waals surface area contributed by atoms with Gasteiger partial charge in [0.1, 0.15) is 0 Å². The van der Waals surface area contributed by atoms with Crippen LogP contribution in [0.25, 0.3) is 0 Å². The number of hydrogen-bond acceptors (Lipinski definition) is 6. The van der Waals surface area contributed by atoms with Crippen LogP contribution in [0.15, 0.2) is 53.4 Å². The van der Waals surface area contributed by atoms with Gasteiger partial charge >= 0.3 is 0 Å². The molecular formula is C21H25FN4O5S. The summed E-state index contributed by atoms with van der Waals surface area (Å²) < 4.78 is 46.1. The molecule has 2 N–H and O–H groups in total. The maximum atomic E-state index is 13.7. The third kappa shape index (κ3) is 5.61. The minimum Gasteiger partial charge on any atom is -0.478 e. The molecule has 1 aliphatic rings. The van der Waals surface area contributed by atoms with Crippen molar-refractivity contribution >= 4 is 21.8 Å². The maximum Gasteiger partial charge on any atom is 0.279 e. The number of nitrogens with zero attached hydrogens (tertiary/aromatic N) is 2. The van der Waals surface area contributed by atoms with Gasteiger partial charge in [-0.05, 0) is 44.3 Å². The average Bonchev–Trinajstić information content (AvgIpc) is 2.79. The Balaban J connectivity index is 1.61. The van der Waals surface area contributed by atoms with Crippen molar-refractivity contribution in [3.8, 4) is 5.75 Å². The summed E-state index contributed by atoms with van der Waals surface area (Å²) in [6, 6.07) is 11.2. The van der Waals surface area contributed by atoms with E-state index in [-0.39, 0.29) is 16.2 Å². The number of nitrogens with one attached hydrogen (secondary N) is 2. The van der Waals surface area contributed by atoms with Gasteiger partial charge in [0, 0.05) is 31.7 Å². The van der Waals surface area contributed by atoms with Gasteiger partial charge in [0.25, 0.3) is 11.8 Å². The van der Waals surface area contributed by atoms with Crippen molar-refractivity contribution in [3.05, 3.63) is 59.9 Å². The first-order valence-electron chi connectivity index (χ1n) is 9.98. The number of benzene rings is 2. The van der Waals surface area contributed by atoms with Crippen molar-refractivity contribution in [2.45, 2.75) is 17.9 Å². The van der Waals surface area contributed by atoms with Gasteiger partial charge in [0.05, 0.1) is 4.90 Å². The highest BCUT2D eigenvalue weighted by Gasteiger charge is 2.28. The first-order chi connectivity index (χ1) is 15.2. The molecule has 1 aliphatic heterocycles. The molecule has 0 unspecified atom stereocenters. The van der Waals surface area contributed by atoms with E-state index in [1.807, 2.05) is 11.9 Å². The first-order valence-corrected chi connectivity index (χ1v) is 11.4. The molecule has 1 fully saturated rings. The molecule has 2 amide bonds. The Morgan fingerprint density at radius 1 is 1.03 bits per heavy atom. The molecule has 0 aromatic heterocycles. The summed E-state index contributed by atoms with van der Waals surface area (Å²) in [6.45, 7) is 3.38. The van der Waals surface area contributed by atoms with Crippen molar-refractivity contribution in [2.75, 3.05) is 33.2 Å². The highest BCUT2D eigenvalue weighted by atomic mass is 32.2. The number of ether oxygens (including phenoxy) is 1. The Morgan fingerprint density at radius 2 is 1.72 bits per heavy atom. The Labute approximate surface area is 186 Å². The van der Waals surface area contributed by atoms with Crippen LogP contribution in [0.4, 0.5) is 4.39 Å². The lowest BCUT2D eigenvalue weighted by molar-refractivity contribution is -0.128. The summed E-state index contributed by atoms with van der Waals surface area (Å²) >= 11 is 0. The van der Waals surface area contributed by atoms with Crippen LogP contribution in [0, 0.1) is 5.82 Å². The number of hydrogen-bond donors (Lipinski definition) is 2. The van der Waals surface area contributed by atoms with Crippen LogP contribution >= 0.6 is 0 Å². The van der Waals surface area contributed by atoms with Crippen LogP contribution < -0.4 is 15.6 Å². The summed E-state index contributed by atoms with van der Waals surface area (Å²) in [5.74, 6) is -2.12. The molecule has 0 bridgehead atoms. The standard InChI is InChI=1S/C21H25FN4O5S/c1-15(31-19-9-4-3-8-18(19)22)20(27)23-24-21(28)16-6-5-7-17(14-16)32(29,30)26-12-10-25(2)11-13-26/h3-9,14-15H,10-13H2,1-2H3,(H,23,27)(H,24,28)/t15-/m1/s1. The first kappa shape index (κ1) is 23.6. The number of likely N-dealkylation sites (N-methyl/N-ethyl adjacent to an activating group) is 1. The highest BCUT2D eigenvalue weighted by molar-refractivity contribution is 7.89. The normalized spacial score (nSPS) is 16.2. The van der Waals surface area contributed by atoms with Gasteiger partial charge in [0.2, 0.25) is 10.0 Å². The molecular weight excluding hydrogens is 439 g/mol. The SMILES string of the molecule is C[C@@H](Oc1ccccc1F)C(=O)NNC(=O)c1cccc(S(=O)(=O)N2CCN(C)CC2)c1. The van der Waals surface area contributed by atoms with E-state index < -0.39 is 33.8 Å². The van der Waals surface area contributed by atoms with Crippen LogP contribution in [0.2, 0.25) is 0 Å². The third-order valence-corrected chi connectivity index (χ3v) is 6.90. The minimum atomic E-state index is -3.74. The fourth-order valence-corrected chi connectivity index (χ4v) is 4.52. The molecule has 11 heteroatoms. The molecule has 0 radical (unpaired) electrons. The van der Waals surface area contributed by atoms with E-state index >= 15 is 0 Å². The van der Waals surface area contributed by atoms with E-state index in [1.165, 1.54) is 53.7 Å². The van der Waals surface area contributed by atoms with Gasteiger partial charge in [-0.2, -0.15) is 4.31 Å². The second-order valence-corrected chi connectivity index (χ2v) is 9.31. The number of carbonyl (C=O) groups excluding carboxylic acids is 2. The summed E-state index contributed by atoms with van der Waals surface area (Å²) in [6.07, 6.45) is -1.09. The summed E-state index contributed by atoms with van der Waals surface area (Å²) in [5.41, 5.74) is 4.47. The van der Waals surface area contributed by atoms with E-state index in [2.05, 4.69) is 10.9 Å². The predicted octanol–water partition coefficient (Wildman–Crippen LogP) is 0.990. The highest BCUT2D eigenvalue weighted by Crippen LogP contribution is 2.19.